The Morgan fingerprint density at radius 3 is 2.90 bits per heavy atom. The van der Waals surface area contributed by atoms with Crippen molar-refractivity contribution in [2.45, 2.75) is 25.3 Å². The molecule has 1 saturated heterocycles. The van der Waals surface area contributed by atoms with Crippen molar-refractivity contribution in [2.24, 2.45) is 0 Å². The third kappa shape index (κ3) is 3.33. The molecule has 0 saturated carbocycles. The molecule has 0 amide bonds. The molecule has 0 unspecified atom stereocenters. The van der Waals surface area contributed by atoms with Crippen LogP contribution in [0.1, 0.15) is 24.2 Å². The molecule has 0 radical (unpaired) electrons. The van der Waals surface area contributed by atoms with E-state index in [2.05, 4.69) is 25.4 Å². The Hall–Kier alpha value is -2.08. The Morgan fingerprint density at radius 1 is 1.38 bits per heavy atom. The van der Waals surface area contributed by atoms with Crippen molar-refractivity contribution < 1.29 is 5.11 Å². The van der Waals surface area contributed by atoms with Gasteiger partial charge in [-0.25, -0.2) is 0 Å². The smallest absolute Gasteiger partial charge is 0.244 e. The third-order valence-corrected chi connectivity index (χ3v) is 3.99. The molecule has 1 aliphatic rings. The monoisotopic (exact) mass is 287 g/mol. The van der Waals surface area contributed by atoms with Crippen LogP contribution in [0.3, 0.4) is 0 Å². The average Bonchev–Trinajstić information content (AvgIpc) is 2.96. The van der Waals surface area contributed by atoms with Crippen LogP contribution >= 0.6 is 0 Å². The number of H-pyrrole nitrogens is 1. The van der Waals surface area contributed by atoms with Crippen molar-refractivity contribution in [3.8, 4) is 5.75 Å². The molecule has 2 aromatic rings. The molecule has 0 atom stereocenters. The lowest BCUT2D eigenvalue weighted by Crippen LogP contribution is -2.41. The SMILES string of the molecule is CNC1CCN(c2n[nH]c(Cc3cccc(O)c3)n2)CC1. The fraction of sp³-hybridized carbons (Fsp3) is 0.467. The van der Waals surface area contributed by atoms with Crippen molar-refractivity contribution in [1.82, 2.24) is 20.5 Å². The molecule has 0 aliphatic carbocycles. The zero-order valence-corrected chi connectivity index (χ0v) is 12.2. The molecule has 6 nitrogen and oxygen atoms in total. The topological polar surface area (TPSA) is 77.1 Å². The van der Waals surface area contributed by atoms with Crippen LogP contribution in [0.2, 0.25) is 0 Å². The minimum Gasteiger partial charge on any atom is -0.508 e. The first-order valence-electron chi connectivity index (χ1n) is 7.36. The number of hydrogen-bond donors (Lipinski definition) is 3. The molecule has 1 fully saturated rings. The molecule has 1 aliphatic heterocycles. The molecule has 6 heteroatoms. The van der Waals surface area contributed by atoms with Crippen LogP contribution in [-0.4, -0.2) is 46.5 Å². The Labute approximate surface area is 124 Å². The predicted octanol–water partition coefficient (Wildman–Crippen LogP) is 1.29. The molecule has 0 bridgehead atoms. The van der Waals surface area contributed by atoms with Gasteiger partial charge in [0.05, 0.1) is 0 Å². The van der Waals surface area contributed by atoms with E-state index in [0.717, 1.165) is 43.3 Å². The standard InChI is InChI=1S/C15H21N5O/c1-16-12-5-7-20(8-6-12)15-17-14(18-19-15)10-11-3-2-4-13(21)9-11/h2-4,9,12,16,21H,5-8,10H2,1H3,(H,17,18,19). The van der Waals surface area contributed by atoms with Crippen molar-refractivity contribution >= 4 is 5.95 Å². The highest BCUT2D eigenvalue weighted by Crippen LogP contribution is 2.18. The van der Waals surface area contributed by atoms with E-state index in [4.69, 9.17) is 0 Å². The molecule has 3 N–H and O–H groups in total. The van der Waals surface area contributed by atoms with Crippen molar-refractivity contribution in [3.05, 3.63) is 35.7 Å². The highest BCUT2D eigenvalue weighted by atomic mass is 16.3. The molecule has 1 aromatic heterocycles. The Bertz CT molecular complexity index is 589. The van der Waals surface area contributed by atoms with Crippen LogP contribution in [0, 0.1) is 0 Å². The lowest BCUT2D eigenvalue weighted by Gasteiger charge is -2.30. The van der Waals surface area contributed by atoms with Crippen LogP contribution in [0.4, 0.5) is 5.95 Å². The number of aromatic hydroxyl groups is 1. The van der Waals surface area contributed by atoms with E-state index >= 15 is 0 Å². The van der Waals surface area contributed by atoms with Gasteiger partial charge in [-0.2, -0.15) is 4.98 Å². The maximum Gasteiger partial charge on any atom is 0.244 e. The van der Waals surface area contributed by atoms with Gasteiger partial charge in [0.2, 0.25) is 5.95 Å². The number of piperidine rings is 1. The number of nitrogens with zero attached hydrogens (tertiary/aromatic N) is 3. The summed E-state index contributed by atoms with van der Waals surface area (Å²) in [4.78, 5) is 6.79. The quantitative estimate of drug-likeness (QED) is 0.790. The Kier molecular flexibility index (Phi) is 4.06. The van der Waals surface area contributed by atoms with E-state index in [-0.39, 0.29) is 5.75 Å². The predicted molar refractivity (Wildman–Crippen MR) is 81.6 cm³/mol. The van der Waals surface area contributed by atoms with Crippen molar-refractivity contribution in [1.29, 1.82) is 0 Å². The number of hydrogen-bond acceptors (Lipinski definition) is 5. The van der Waals surface area contributed by atoms with Crippen LogP contribution in [0.25, 0.3) is 0 Å². The van der Waals surface area contributed by atoms with Crippen molar-refractivity contribution in [2.75, 3.05) is 25.0 Å². The van der Waals surface area contributed by atoms with Gasteiger partial charge in [0.1, 0.15) is 11.6 Å². The van der Waals surface area contributed by atoms with Gasteiger partial charge in [-0.1, -0.05) is 12.1 Å². The number of benzene rings is 1. The zero-order valence-electron chi connectivity index (χ0n) is 12.2. The van der Waals surface area contributed by atoms with E-state index in [1.165, 1.54) is 0 Å². The fourth-order valence-corrected chi connectivity index (χ4v) is 2.73. The second kappa shape index (κ2) is 6.13. The van der Waals surface area contributed by atoms with Crippen LogP contribution in [0.15, 0.2) is 24.3 Å². The molecule has 3 rings (SSSR count). The third-order valence-electron chi connectivity index (χ3n) is 3.99. The minimum atomic E-state index is 0.279. The van der Waals surface area contributed by atoms with Gasteiger partial charge in [0, 0.05) is 25.6 Å². The summed E-state index contributed by atoms with van der Waals surface area (Å²) >= 11 is 0. The summed E-state index contributed by atoms with van der Waals surface area (Å²) in [5.41, 5.74) is 1.02. The number of phenolic OH excluding ortho intramolecular Hbond substituents is 1. The van der Waals surface area contributed by atoms with E-state index in [1.54, 1.807) is 12.1 Å². The number of anilines is 1. The van der Waals surface area contributed by atoms with E-state index in [0.29, 0.717) is 12.5 Å². The maximum atomic E-state index is 9.49. The number of nitrogens with one attached hydrogen (secondary N) is 2. The zero-order chi connectivity index (χ0) is 14.7. The summed E-state index contributed by atoms with van der Waals surface area (Å²) in [5.74, 6) is 1.88. The van der Waals surface area contributed by atoms with Gasteiger partial charge in [0.15, 0.2) is 0 Å². The van der Waals surface area contributed by atoms with Crippen molar-refractivity contribution in [3.63, 3.8) is 0 Å². The lowest BCUT2D eigenvalue weighted by atomic mass is 10.1. The van der Waals surface area contributed by atoms with Gasteiger partial charge in [0.25, 0.3) is 0 Å². The second-order valence-corrected chi connectivity index (χ2v) is 5.48. The molecule has 2 heterocycles. The Morgan fingerprint density at radius 2 is 2.19 bits per heavy atom. The molecule has 1 aromatic carbocycles. The number of aromatic amines is 1. The minimum absolute atomic E-state index is 0.279. The van der Waals surface area contributed by atoms with Crippen LogP contribution < -0.4 is 10.2 Å². The molecular weight excluding hydrogens is 266 g/mol. The molecular formula is C15H21N5O. The van der Waals surface area contributed by atoms with Crippen LogP contribution in [0.5, 0.6) is 5.75 Å². The first kappa shape index (κ1) is 13.9. The summed E-state index contributed by atoms with van der Waals surface area (Å²) in [7, 11) is 2.01. The molecule has 0 spiro atoms. The Balaban J connectivity index is 1.64. The van der Waals surface area contributed by atoms with Gasteiger partial charge in [-0.05, 0) is 37.6 Å². The van der Waals surface area contributed by atoms with E-state index in [9.17, 15) is 5.11 Å². The average molecular weight is 287 g/mol. The number of phenols is 1. The summed E-state index contributed by atoms with van der Waals surface area (Å²) < 4.78 is 0. The fourth-order valence-electron chi connectivity index (χ4n) is 2.73. The van der Waals surface area contributed by atoms with Gasteiger partial charge >= 0.3 is 0 Å². The van der Waals surface area contributed by atoms with E-state index in [1.807, 2.05) is 19.2 Å². The van der Waals surface area contributed by atoms with E-state index < -0.39 is 0 Å². The number of aromatic nitrogens is 3. The summed E-state index contributed by atoms with van der Waals surface area (Å²) in [6.45, 7) is 1.96. The summed E-state index contributed by atoms with van der Waals surface area (Å²) in [5, 5.41) is 20.1. The van der Waals surface area contributed by atoms with Gasteiger partial charge < -0.3 is 15.3 Å². The largest absolute Gasteiger partial charge is 0.508 e. The summed E-state index contributed by atoms with van der Waals surface area (Å²) in [6, 6.07) is 7.83. The highest BCUT2D eigenvalue weighted by molar-refractivity contribution is 5.32. The normalized spacial score (nSPS) is 16.3. The molecule has 112 valence electrons. The van der Waals surface area contributed by atoms with Crippen LogP contribution in [-0.2, 0) is 6.42 Å². The first-order chi connectivity index (χ1) is 10.2. The lowest BCUT2D eigenvalue weighted by molar-refractivity contribution is 0.439. The van der Waals surface area contributed by atoms with Gasteiger partial charge in [-0.15, -0.1) is 5.10 Å². The maximum absolute atomic E-state index is 9.49. The summed E-state index contributed by atoms with van der Waals surface area (Å²) in [6.07, 6.45) is 2.88. The first-order valence-corrected chi connectivity index (χ1v) is 7.36. The van der Waals surface area contributed by atoms with Gasteiger partial charge in [-0.3, -0.25) is 5.10 Å². The number of rotatable bonds is 4. The second-order valence-electron chi connectivity index (χ2n) is 5.48. The molecule has 21 heavy (non-hydrogen) atoms. The highest BCUT2D eigenvalue weighted by Gasteiger charge is 2.20.